The Morgan fingerprint density at radius 2 is 1.74 bits per heavy atom. The molecule has 1 aromatic carbocycles. The first-order valence-electron chi connectivity index (χ1n) is 8.24. The maximum absolute atomic E-state index is 2.58. The van der Waals surface area contributed by atoms with Gasteiger partial charge in [-0.1, -0.05) is 30.7 Å². The van der Waals surface area contributed by atoms with Crippen LogP contribution in [0.15, 0.2) is 18.2 Å². The van der Waals surface area contributed by atoms with E-state index in [4.69, 9.17) is 0 Å². The van der Waals surface area contributed by atoms with Crippen molar-refractivity contribution in [3.8, 4) is 0 Å². The Labute approximate surface area is 115 Å². The number of fused-ring (bicyclic) bond motifs is 7. The molecule has 0 nitrogen and oxygen atoms in total. The van der Waals surface area contributed by atoms with Crippen LogP contribution in [0.4, 0.5) is 0 Å². The highest BCUT2D eigenvalue weighted by Crippen LogP contribution is 2.63. The molecule has 0 bridgehead atoms. The highest BCUT2D eigenvalue weighted by Gasteiger charge is 2.53. The van der Waals surface area contributed by atoms with Crippen molar-refractivity contribution in [1.29, 1.82) is 0 Å². The molecule has 0 heterocycles. The van der Waals surface area contributed by atoms with E-state index in [0.717, 1.165) is 23.7 Å². The lowest BCUT2D eigenvalue weighted by atomic mass is 9.51. The third-order valence-corrected chi connectivity index (χ3v) is 6.48. The number of allylic oxidation sites excluding steroid dienone is 1. The standard InChI is InChI=1S/C19H22/c1-2-5-13-11-18-14(10-12(13)4-1)8-9-17-15-6-3-7-16(15)19(17)18/h2,5,10-11,15-17,19H,1,3-4,6-9H2. The van der Waals surface area contributed by atoms with E-state index < -0.39 is 0 Å². The summed E-state index contributed by atoms with van der Waals surface area (Å²) in [7, 11) is 0. The van der Waals surface area contributed by atoms with Gasteiger partial charge in [0.2, 0.25) is 0 Å². The molecule has 0 aliphatic heterocycles. The first-order valence-corrected chi connectivity index (χ1v) is 8.24. The monoisotopic (exact) mass is 250 g/mol. The average Bonchev–Trinajstić information content (AvgIpc) is 2.84. The van der Waals surface area contributed by atoms with Crippen LogP contribution in [-0.4, -0.2) is 0 Å². The fourth-order valence-electron chi connectivity index (χ4n) is 5.69. The summed E-state index contributed by atoms with van der Waals surface area (Å²) < 4.78 is 0. The van der Waals surface area contributed by atoms with Crippen LogP contribution in [-0.2, 0) is 12.8 Å². The van der Waals surface area contributed by atoms with Crippen molar-refractivity contribution in [3.05, 3.63) is 40.5 Å². The Kier molecular flexibility index (Phi) is 2.11. The van der Waals surface area contributed by atoms with Gasteiger partial charge in [-0.2, -0.15) is 0 Å². The molecule has 4 unspecified atom stereocenters. The number of hydrogen-bond donors (Lipinski definition) is 0. The lowest BCUT2D eigenvalue weighted by Gasteiger charge is -2.53. The number of rotatable bonds is 0. The summed E-state index contributed by atoms with van der Waals surface area (Å²) in [5.41, 5.74) is 6.61. The van der Waals surface area contributed by atoms with Gasteiger partial charge in [0.15, 0.2) is 0 Å². The topological polar surface area (TPSA) is 0 Å². The van der Waals surface area contributed by atoms with Crippen LogP contribution in [0.3, 0.4) is 0 Å². The minimum Gasteiger partial charge on any atom is -0.0836 e. The van der Waals surface area contributed by atoms with Crippen molar-refractivity contribution in [2.75, 3.05) is 0 Å². The molecular formula is C19H22. The second-order valence-electron chi connectivity index (χ2n) is 7.18. The van der Waals surface area contributed by atoms with Crippen LogP contribution in [0, 0.1) is 17.8 Å². The zero-order chi connectivity index (χ0) is 12.4. The van der Waals surface area contributed by atoms with Gasteiger partial charge in [0.1, 0.15) is 0 Å². The van der Waals surface area contributed by atoms with Crippen LogP contribution in [0.1, 0.15) is 60.3 Å². The molecule has 4 atom stereocenters. The predicted molar refractivity (Wildman–Crippen MR) is 79.2 cm³/mol. The minimum absolute atomic E-state index is 0.942. The van der Waals surface area contributed by atoms with Gasteiger partial charge in [-0.3, -0.25) is 0 Å². The molecule has 0 heteroatoms. The van der Waals surface area contributed by atoms with E-state index in [2.05, 4.69) is 24.3 Å². The second-order valence-corrected chi connectivity index (χ2v) is 7.18. The van der Waals surface area contributed by atoms with Crippen LogP contribution in [0.2, 0.25) is 0 Å². The lowest BCUT2D eigenvalue weighted by Crippen LogP contribution is -2.44. The number of benzene rings is 1. The van der Waals surface area contributed by atoms with E-state index in [1.807, 2.05) is 0 Å². The fraction of sp³-hybridized carbons (Fsp3) is 0.579. The molecule has 0 radical (unpaired) electrons. The molecule has 98 valence electrons. The highest BCUT2D eigenvalue weighted by atomic mass is 14.6. The number of aryl methyl sites for hydroxylation is 2. The molecule has 19 heavy (non-hydrogen) atoms. The fourth-order valence-corrected chi connectivity index (χ4v) is 5.69. The van der Waals surface area contributed by atoms with Crippen molar-refractivity contribution in [2.24, 2.45) is 17.8 Å². The Hall–Kier alpha value is -1.04. The van der Waals surface area contributed by atoms with E-state index in [0.29, 0.717) is 0 Å². The molecule has 0 saturated heterocycles. The Bertz CT molecular complexity index is 566. The Morgan fingerprint density at radius 1 is 0.842 bits per heavy atom. The van der Waals surface area contributed by atoms with E-state index in [1.165, 1.54) is 50.5 Å². The minimum atomic E-state index is 0.942. The lowest BCUT2D eigenvalue weighted by molar-refractivity contribution is 0.0447. The average molecular weight is 250 g/mol. The predicted octanol–water partition coefficient (Wildman–Crippen LogP) is 4.72. The zero-order valence-electron chi connectivity index (χ0n) is 11.6. The summed E-state index contributed by atoms with van der Waals surface area (Å²) in [5, 5.41) is 0. The van der Waals surface area contributed by atoms with Gasteiger partial charge in [0.05, 0.1) is 0 Å². The summed E-state index contributed by atoms with van der Waals surface area (Å²) >= 11 is 0. The van der Waals surface area contributed by atoms with Gasteiger partial charge in [-0.15, -0.1) is 0 Å². The molecule has 2 saturated carbocycles. The summed E-state index contributed by atoms with van der Waals surface area (Å²) in [6, 6.07) is 5.14. The van der Waals surface area contributed by atoms with Gasteiger partial charge in [-0.25, -0.2) is 0 Å². The maximum atomic E-state index is 2.58. The molecular weight excluding hydrogens is 228 g/mol. The first-order chi connectivity index (χ1) is 9.42. The second kappa shape index (κ2) is 3.75. The largest absolute Gasteiger partial charge is 0.0836 e. The van der Waals surface area contributed by atoms with Gasteiger partial charge >= 0.3 is 0 Å². The van der Waals surface area contributed by atoms with E-state index >= 15 is 0 Å². The summed E-state index contributed by atoms with van der Waals surface area (Å²) in [5.74, 6) is 4.14. The molecule has 0 N–H and O–H groups in total. The maximum Gasteiger partial charge on any atom is -0.00967 e. The molecule has 4 aliphatic rings. The van der Waals surface area contributed by atoms with E-state index in [1.54, 1.807) is 16.7 Å². The van der Waals surface area contributed by atoms with Gasteiger partial charge < -0.3 is 0 Å². The van der Waals surface area contributed by atoms with Crippen molar-refractivity contribution < 1.29 is 0 Å². The van der Waals surface area contributed by atoms with Crippen LogP contribution < -0.4 is 0 Å². The Balaban J connectivity index is 1.62. The summed E-state index contributed by atoms with van der Waals surface area (Å²) in [6.07, 6.45) is 14.6. The van der Waals surface area contributed by atoms with E-state index in [9.17, 15) is 0 Å². The molecule has 1 aromatic rings. The molecule has 4 aliphatic carbocycles. The van der Waals surface area contributed by atoms with Crippen LogP contribution in [0.5, 0.6) is 0 Å². The molecule has 5 rings (SSSR count). The third-order valence-electron chi connectivity index (χ3n) is 6.48. The summed E-state index contributed by atoms with van der Waals surface area (Å²) in [6.45, 7) is 0. The molecule has 0 spiro atoms. The Morgan fingerprint density at radius 3 is 2.74 bits per heavy atom. The van der Waals surface area contributed by atoms with Crippen molar-refractivity contribution in [3.63, 3.8) is 0 Å². The highest BCUT2D eigenvalue weighted by molar-refractivity contribution is 5.60. The zero-order valence-corrected chi connectivity index (χ0v) is 11.6. The summed E-state index contributed by atoms with van der Waals surface area (Å²) in [4.78, 5) is 0. The smallest absolute Gasteiger partial charge is 0.00967 e. The molecule has 2 fully saturated rings. The van der Waals surface area contributed by atoms with Crippen molar-refractivity contribution >= 4 is 6.08 Å². The SMILES string of the molecule is C1=Cc2cc3c(cc2CC1)CCC1C2CCCC2C31. The van der Waals surface area contributed by atoms with Crippen molar-refractivity contribution in [1.82, 2.24) is 0 Å². The molecule has 0 aromatic heterocycles. The van der Waals surface area contributed by atoms with Crippen LogP contribution >= 0.6 is 0 Å². The normalized spacial score (nSPS) is 37.9. The van der Waals surface area contributed by atoms with E-state index in [-0.39, 0.29) is 0 Å². The quantitative estimate of drug-likeness (QED) is 0.625. The van der Waals surface area contributed by atoms with Gasteiger partial charge in [-0.05, 0) is 84.5 Å². The first kappa shape index (κ1) is 10.7. The van der Waals surface area contributed by atoms with Gasteiger partial charge in [0.25, 0.3) is 0 Å². The molecule has 0 amide bonds. The van der Waals surface area contributed by atoms with Gasteiger partial charge in [0, 0.05) is 0 Å². The number of hydrogen-bond acceptors (Lipinski definition) is 0. The third kappa shape index (κ3) is 1.35. The van der Waals surface area contributed by atoms with Crippen molar-refractivity contribution in [2.45, 2.75) is 50.9 Å². The van der Waals surface area contributed by atoms with Crippen LogP contribution in [0.25, 0.3) is 6.08 Å².